The van der Waals surface area contributed by atoms with Crippen molar-refractivity contribution in [1.29, 1.82) is 0 Å². The second-order valence-electron chi connectivity index (χ2n) is 5.53. The summed E-state index contributed by atoms with van der Waals surface area (Å²) in [5, 5.41) is 11.0. The number of ether oxygens (including phenoxy) is 3. The first-order valence-corrected chi connectivity index (χ1v) is 7.64. The normalized spacial score (nSPS) is 10.4. The van der Waals surface area contributed by atoms with Gasteiger partial charge >= 0.3 is 0 Å². The standard InChI is InChI=1S/C18H19NO6/c1-12(2)25-16-7-5-15(19(21)22)9-14(16)11-24-17-6-4-13(10-20)8-18(17)23-3/h4-10,12H,11H2,1-3H3. The zero-order chi connectivity index (χ0) is 18.4. The van der Waals surface area contributed by atoms with Gasteiger partial charge in [0.05, 0.1) is 18.1 Å². The minimum absolute atomic E-state index is 0.0435. The third kappa shape index (κ3) is 4.69. The molecule has 0 saturated heterocycles. The van der Waals surface area contributed by atoms with Crippen LogP contribution in [0.3, 0.4) is 0 Å². The summed E-state index contributed by atoms with van der Waals surface area (Å²) in [6, 6.07) is 9.14. The number of carbonyl (C=O) groups excluding carboxylic acids is 1. The van der Waals surface area contributed by atoms with Gasteiger partial charge in [0.2, 0.25) is 0 Å². The molecule has 25 heavy (non-hydrogen) atoms. The highest BCUT2D eigenvalue weighted by Gasteiger charge is 2.14. The summed E-state index contributed by atoms with van der Waals surface area (Å²) < 4.78 is 16.6. The van der Waals surface area contributed by atoms with Gasteiger partial charge in [0, 0.05) is 23.3 Å². The SMILES string of the molecule is COc1cc(C=O)ccc1OCc1cc([N+](=O)[O-])ccc1OC(C)C. The molecule has 2 aromatic rings. The van der Waals surface area contributed by atoms with E-state index < -0.39 is 4.92 Å². The van der Waals surface area contributed by atoms with Crippen LogP contribution in [0.15, 0.2) is 36.4 Å². The van der Waals surface area contributed by atoms with Crippen LogP contribution in [0.25, 0.3) is 0 Å². The lowest BCUT2D eigenvalue weighted by Gasteiger charge is -2.16. The van der Waals surface area contributed by atoms with E-state index in [1.54, 1.807) is 24.3 Å². The monoisotopic (exact) mass is 345 g/mol. The fraction of sp³-hybridized carbons (Fsp3) is 0.278. The molecular weight excluding hydrogens is 326 g/mol. The topological polar surface area (TPSA) is 87.9 Å². The van der Waals surface area contributed by atoms with Crippen molar-refractivity contribution in [2.45, 2.75) is 26.6 Å². The molecule has 0 aliphatic heterocycles. The first-order valence-electron chi connectivity index (χ1n) is 7.64. The highest BCUT2D eigenvalue weighted by Crippen LogP contribution is 2.31. The Hall–Kier alpha value is -3.09. The molecule has 132 valence electrons. The average molecular weight is 345 g/mol. The number of hydrogen-bond donors (Lipinski definition) is 0. The van der Waals surface area contributed by atoms with Crippen molar-refractivity contribution >= 4 is 12.0 Å². The van der Waals surface area contributed by atoms with E-state index in [0.29, 0.717) is 34.7 Å². The predicted molar refractivity (Wildman–Crippen MR) is 91.6 cm³/mol. The molecule has 7 nitrogen and oxygen atoms in total. The fourth-order valence-electron chi connectivity index (χ4n) is 2.19. The number of methoxy groups -OCH3 is 1. The molecule has 7 heteroatoms. The van der Waals surface area contributed by atoms with Crippen LogP contribution in [0.5, 0.6) is 17.2 Å². The van der Waals surface area contributed by atoms with E-state index in [1.165, 1.54) is 19.2 Å². The van der Waals surface area contributed by atoms with Crippen LogP contribution in [-0.4, -0.2) is 24.4 Å². The maximum Gasteiger partial charge on any atom is 0.270 e. The number of benzene rings is 2. The molecular formula is C18H19NO6. The third-order valence-electron chi connectivity index (χ3n) is 3.32. The van der Waals surface area contributed by atoms with Gasteiger partial charge in [-0.1, -0.05) is 0 Å². The predicted octanol–water partition coefficient (Wildman–Crippen LogP) is 3.78. The van der Waals surface area contributed by atoms with Crippen molar-refractivity contribution in [3.63, 3.8) is 0 Å². The molecule has 0 aliphatic rings. The summed E-state index contributed by atoms with van der Waals surface area (Å²) >= 11 is 0. The first kappa shape index (κ1) is 18.3. The Kier molecular flexibility index (Phi) is 5.94. The number of nitrogens with zero attached hydrogens (tertiary/aromatic N) is 1. The Labute approximate surface area is 145 Å². The quantitative estimate of drug-likeness (QED) is 0.411. The van der Waals surface area contributed by atoms with E-state index >= 15 is 0 Å². The number of non-ortho nitro benzene ring substituents is 1. The Morgan fingerprint density at radius 2 is 1.84 bits per heavy atom. The summed E-state index contributed by atoms with van der Waals surface area (Å²) in [6.45, 7) is 3.79. The van der Waals surface area contributed by atoms with Crippen molar-refractivity contribution in [2.75, 3.05) is 7.11 Å². The van der Waals surface area contributed by atoms with Crippen molar-refractivity contribution in [1.82, 2.24) is 0 Å². The smallest absolute Gasteiger partial charge is 0.270 e. The Morgan fingerprint density at radius 3 is 2.44 bits per heavy atom. The van der Waals surface area contributed by atoms with Crippen LogP contribution in [0.2, 0.25) is 0 Å². The maximum atomic E-state index is 11.0. The summed E-state index contributed by atoms with van der Waals surface area (Å²) in [5.74, 6) is 1.35. The molecule has 0 saturated carbocycles. The minimum atomic E-state index is -0.470. The van der Waals surface area contributed by atoms with E-state index in [4.69, 9.17) is 14.2 Å². The summed E-state index contributed by atoms with van der Waals surface area (Å²) in [7, 11) is 1.47. The third-order valence-corrected chi connectivity index (χ3v) is 3.32. The summed E-state index contributed by atoms with van der Waals surface area (Å²) in [6.07, 6.45) is 0.628. The van der Waals surface area contributed by atoms with Gasteiger partial charge in [0.1, 0.15) is 18.6 Å². The second-order valence-corrected chi connectivity index (χ2v) is 5.53. The molecule has 0 aliphatic carbocycles. The van der Waals surface area contributed by atoms with E-state index in [1.807, 2.05) is 13.8 Å². The maximum absolute atomic E-state index is 11.0. The van der Waals surface area contributed by atoms with Crippen LogP contribution < -0.4 is 14.2 Å². The zero-order valence-corrected chi connectivity index (χ0v) is 14.2. The number of nitro benzene ring substituents is 1. The van der Waals surface area contributed by atoms with Crippen LogP contribution in [0.4, 0.5) is 5.69 Å². The van der Waals surface area contributed by atoms with Crippen molar-refractivity contribution in [3.05, 3.63) is 57.6 Å². The number of aldehydes is 1. The van der Waals surface area contributed by atoms with Gasteiger partial charge < -0.3 is 14.2 Å². The van der Waals surface area contributed by atoms with Crippen LogP contribution in [0.1, 0.15) is 29.8 Å². The van der Waals surface area contributed by atoms with Gasteiger partial charge in [0.25, 0.3) is 5.69 Å². The van der Waals surface area contributed by atoms with E-state index in [2.05, 4.69) is 0 Å². The molecule has 0 radical (unpaired) electrons. The highest BCUT2D eigenvalue weighted by molar-refractivity contribution is 5.76. The van der Waals surface area contributed by atoms with Gasteiger partial charge in [-0.15, -0.1) is 0 Å². The highest BCUT2D eigenvalue weighted by atomic mass is 16.6. The largest absolute Gasteiger partial charge is 0.493 e. The number of nitro groups is 1. The number of carbonyl (C=O) groups is 1. The Balaban J connectivity index is 2.28. The molecule has 0 heterocycles. The molecule has 2 aromatic carbocycles. The zero-order valence-electron chi connectivity index (χ0n) is 14.2. The Bertz CT molecular complexity index is 772. The molecule has 0 fully saturated rings. The first-order chi connectivity index (χ1) is 11.9. The van der Waals surface area contributed by atoms with E-state index in [9.17, 15) is 14.9 Å². The molecule has 0 atom stereocenters. The van der Waals surface area contributed by atoms with Crippen molar-refractivity contribution < 1.29 is 23.9 Å². The van der Waals surface area contributed by atoms with E-state index in [0.717, 1.165) is 0 Å². The summed E-state index contributed by atoms with van der Waals surface area (Å²) in [4.78, 5) is 21.4. The van der Waals surface area contributed by atoms with Crippen molar-refractivity contribution in [3.8, 4) is 17.2 Å². The minimum Gasteiger partial charge on any atom is -0.493 e. The average Bonchev–Trinajstić information content (AvgIpc) is 2.60. The van der Waals surface area contributed by atoms with Crippen LogP contribution in [-0.2, 0) is 6.61 Å². The lowest BCUT2D eigenvalue weighted by molar-refractivity contribution is -0.385. The molecule has 0 amide bonds. The van der Waals surface area contributed by atoms with Crippen molar-refractivity contribution in [2.24, 2.45) is 0 Å². The lowest BCUT2D eigenvalue weighted by Crippen LogP contribution is -2.09. The molecule has 0 spiro atoms. The fourth-order valence-corrected chi connectivity index (χ4v) is 2.19. The lowest BCUT2D eigenvalue weighted by atomic mass is 10.2. The Morgan fingerprint density at radius 1 is 1.12 bits per heavy atom. The molecule has 2 rings (SSSR count). The number of hydrogen-bond acceptors (Lipinski definition) is 6. The van der Waals surface area contributed by atoms with Gasteiger partial charge in [-0.25, -0.2) is 0 Å². The van der Waals surface area contributed by atoms with Crippen LogP contribution >= 0.6 is 0 Å². The molecule has 0 aromatic heterocycles. The summed E-state index contributed by atoms with van der Waals surface area (Å²) in [5.41, 5.74) is 0.964. The molecule has 0 unspecified atom stereocenters. The van der Waals surface area contributed by atoms with Crippen LogP contribution in [0, 0.1) is 10.1 Å². The molecule has 0 bridgehead atoms. The second kappa shape index (κ2) is 8.14. The van der Waals surface area contributed by atoms with Gasteiger partial charge in [0.15, 0.2) is 11.5 Å². The van der Waals surface area contributed by atoms with E-state index in [-0.39, 0.29) is 18.4 Å². The van der Waals surface area contributed by atoms with Gasteiger partial charge in [-0.05, 0) is 38.1 Å². The molecule has 0 N–H and O–H groups in total. The van der Waals surface area contributed by atoms with Gasteiger partial charge in [-0.3, -0.25) is 14.9 Å². The van der Waals surface area contributed by atoms with Gasteiger partial charge in [-0.2, -0.15) is 0 Å². The number of rotatable bonds is 8.